The van der Waals surface area contributed by atoms with E-state index < -0.39 is 5.91 Å². The van der Waals surface area contributed by atoms with Gasteiger partial charge >= 0.3 is 0 Å². The van der Waals surface area contributed by atoms with Crippen LogP contribution in [0.5, 0.6) is 0 Å². The average Bonchev–Trinajstić information content (AvgIpc) is 2.79. The Morgan fingerprint density at radius 1 is 0.967 bits per heavy atom. The van der Waals surface area contributed by atoms with E-state index >= 15 is 0 Å². The highest BCUT2D eigenvalue weighted by Crippen LogP contribution is 2.24. The third-order valence-electron chi connectivity index (χ3n) is 5.78. The third-order valence-corrected chi connectivity index (χ3v) is 5.78. The first-order valence-corrected chi connectivity index (χ1v) is 10.2. The van der Waals surface area contributed by atoms with Crippen molar-refractivity contribution in [1.29, 1.82) is 0 Å². The molecule has 0 aliphatic carbocycles. The summed E-state index contributed by atoms with van der Waals surface area (Å²) in [5.41, 5.74) is 6.69. The summed E-state index contributed by atoms with van der Waals surface area (Å²) in [5.74, 6) is -0.609. The van der Waals surface area contributed by atoms with E-state index in [1.807, 2.05) is 35.2 Å². The molecule has 1 aromatic heterocycles. The van der Waals surface area contributed by atoms with E-state index in [0.717, 1.165) is 25.1 Å². The van der Waals surface area contributed by atoms with Gasteiger partial charge in [-0.1, -0.05) is 18.2 Å². The molecule has 2 aromatic rings. The van der Waals surface area contributed by atoms with Crippen molar-refractivity contribution < 1.29 is 14.4 Å². The number of primary amides is 1. The lowest BCUT2D eigenvalue weighted by atomic mass is 10.0. The zero-order chi connectivity index (χ0) is 21.1. The SMILES string of the molecule is NC(=O)c1ccc(C(=O)N2CCN(C3CCCN(c4ccccc4)C3=O)CC2)cn1. The van der Waals surface area contributed by atoms with Crippen LogP contribution >= 0.6 is 0 Å². The second-order valence-electron chi connectivity index (χ2n) is 7.61. The van der Waals surface area contributed by atoms with E-state index in [1.54, 1.807) is 11.0 Å². The van der Waals surface area contributed by atoms with Gasteiger partial charge < -0.3 is 15.5 Å². The molecule has 0 bridgehead atoms. The zero-order valence-electron chi connectivity index (χ0n) is 16.7. The number of aromatic nitrogens is 1. The van der Waals surface area contributed by atoms with Crippen molar-refractivity contribution in [2.45, 2.75) is 18.9 Å². The number of anilines is 1. The molecule has 8 nitrogen and oxygen atoms in total. The second kappa shape index (κ2) is 8.62. The molecule has 2 N–H and O–H groups in total. The fourth-order valence-corrected chi connectivity index (χ4v) is 4.14. The third kappa shape index (κ3) is 4.04. The van der Waals surface area contributed by atoms with Crippen LogP contribution in [0.4, 0.5) is 5.69 Å². The number of pyridine rings is 1. The van der Waals surface area contributed by atoms with Gasteiger partial charge in [0.1, 0.15) is 5.69 Å². The van der Waals surface area contributed by atoms with E-state index in [4.69, 9.17) is 5.73 Å². The predicted molar refractivity (Wildman–Crippen MR) is 112 cm³/mol. The topological polar surface area (TPSA) is 99.8 Å². The number of carbonyl (C=O) groups is 3. The number of benzene rings is 1. The first-order valence-electron chi connectivity index (χ1n) is 10.2. The van der Waals surface area contributed by atoms with Gasteiger partial charge in [0.25, 0.3) is 11.8 Å². The van der Waals surface area contributed by atoms with Crippen LogP contribution in [0.3, 0.4) is 0 Å². The molecular formula is C22H25N5O3. The monoisotopic (exact) mass is 407 g/mol. The summed E-state index contributed by atoms with van der Waals surface area (Å²) in [7, 11) is 0. The van der Waals surface area contributed by atoms with E-state index in [1.165, 1.54) is 12.3 Å². The number of hydrogen-bond donors (Lipinski definition) is 1. The largest absolute Gasteiger partial charge is 0.364 e. The number of nitrogens with two attached hydrogens (primary N) is 1. The molecule has 2 fully saturated rings. The van der Waals surface area contributed by atoms with E-state index in [2.05, 4.69) is 9.88 Å². The van der Waals surface area contributed by atoms with Gasteiger partial charge in [-0.3, -0.25) is 24.3 Å². The average molecular weight is 407 g/mol. The molecule has 4 rings (SSSR count). The van der Waals surface area contributed by atoms with Gasteiger partial charge in [-0.05, 0) is 37.1 Å². The van der Waals surface area contributed by atoms with Crippen molar-refractivity contribution in [1.82, 2.24) is 14.8 Å². The van der Waals surface area contributed by atoms with Crippen LogP contribution in [-0.2, 0) is 4.79 Å². The van der Waals surface area contributed by atoms with Crippen molar-refractivity contribution in [2.24, 2.45) is 5.73 Å². The first-order chi connectivity index (χ1) is 14.5. The van der Waals surface area contributed by atoms with E-state index in [0.29, 0.717) is 31.7 Å². The van der Waals surface area contributed by atoms with Crippen molar-refractivity contribution >= 4 is 23.4 Å². The summed E-state index contributed by atoms with van der Waals surface area (Å²) in [4.78, 5) is 46.8. The molecule has 2 aliphatic rings. The highest BCUT2D eigenvalue weighted by molar-refractivity contribution is 5.98. The van der Waals surface area contributed by atoms with Crippen LogP contribution in [0.15, 0.2) is 48.7 Å². The number of hydrogen-bond acceptors (Lipinski definition) is 5. The number of carbonyl (C=O) groups excluding carboxylic acids is 3. The fourth-order valence-electron chi connectivity index (χ4n) is 4.14. The molecule has 2 saturated heterocycles. The van der Waals surface area contributed by atoms with Gasteiger partial charge in [-0.15, -0.1) is 0 Å². The van der Waals surface area contributed by atoms with E-state index in [-0.39, 0.29) is 23.6 Å². The minimum Gasteiger partial charge on any atom is -0.364 e. The molecular weight excluding hydrogens is 382 g/mol. The quantitative estimate of drug-likeness (QED) is 0.819. The Bertz CT molecular complexity index is 924. The summed E-state index contributed by atoms with van der Waals surface area (Å²) < 4.78 is 0. The van der Waals surface area contributed by atoms with Crippen molar-refractivity contribution in [3.8, 4) is 0 Å². The number of piperidine rings is 1. The van der Waals surface area contributed by atoms with Crippen molar-refractivity contribution in [2.75, 3.05) is 37.6 Å². The lowest BCUT2D eigenvalue weighted by molar-refractivity contribution is -0.126. The molecule has 3 amide bonds. The molecule has 3 heterocycles. The van der Waals surface area contributed by atoms with E-state index in [9.17, 15) is 14.4 Å². The normalized spacial score (nSPS) is 20.3. The molecule has 30 heavy (non-hydrogen) atoms. The van der Waals surface area contributed by atoms with Gasteiger partial charge in [-0.25, -0.2) is 0 Å². The van der Waals surface area contributed by atoms with Crippen LogP contribution in [0.25, 0.3) is 0 Å². The fraction of sp³-hybridized carbons (Fsp3) is 0.364. The number of nitrogens with zero attached hydrogens (tertiary/aromatic N) is 4. The van der Waals surface area contributed by atoms with Crippen molar-refractivity contribution in [3.05, 3.63) is 59.9 Å². The molecule has 0 radical (unpaired) electrons. The number of rotatable bonds is 4. The van der Waals surface area contributed by atoms with Gasteiger partial charge in [0.15, 0.2) is 0 Å². The number of amides is 3. The maximum Gasteiger partial charge on any atom is 0.267 e. The zero-order valence-corrected chi connectivity index (χ0v) is 16.7. The molecule has 156 valence electrons. The second-order valence-corrected chi connectivity index (χ2v) is 7.61. The highest BCUT2D eigenvalue weighted by Gasteiger charge is 2.36. The summed E-state index contributed by atoms with van der Waals surface area (Å²) in [5, 5.41) is 0. The molecule has 8 heteroatoms. The number of piperazine rings is 1. The van der Waals surface area contributed by atoms with Crippen molar-refractivity contribution in [3.63, 3.8) is 0 Å². The predicted octanol–water partition coefficient (Wildman–Crippen LogP) is 1.13. The van der Waals surface area contributed by atoms with Crippen LogP contribution < -0.4 is 10.6 Å². The first kappa shape index (κ1) is 20.0. The van der Waals surface area contributed by atoms with Gasteiger partial charge in [0, 0.05) is 44.6 Å². The Morgan fingerprint density at radius 3 is 2.33 bits per heavy atom. The Morgan fingerprint density at radius 2 is 1.70 bits per heavy atom. The summed E-state index contributed by atoms with van der Waals surface area (Å²) in [6.45, 7) is 3.14. The lowest BCUT2D eigenvalue weighted by Crippen LogP contribution is -2.58. The minimum absolute atomic E-state index is 0.126. The summed E-state index contributed by atoms with van der Waals surface area (Å²) >= 11 is 0. The maximum absolute atomic E-state index is 13.1. The van der Waals surface area contributed by atoms with Crippen LogP contribution in [0.2, 0.25) is 0 Å². The molecule has 1 unspecified atom stereocenters. The van der Waals surface area contributed by atoms with Crippen LogP contribution in [0, 0.1) is 0 Å². The Hall–Kier alpha value is -3.26. The smallest absolute Gasteiger partial charge is 0.267 e. The molecule has 0 saturated carbocycles. The maximum atomic E-state index is 13.1. The molecule has 1 aromatic carbocycles. The minimum atomic E-state index is -0.621. The lowest BCUT2D eigenvalue weighted by Gasteiger charge is -2.42. The van der Waals surface area contributed by atoms with Crippen LogP contribution in [-0.4, -0.2) is 71.3 Å². The standard InChI is InChI=1S/C22H25N5O3/c23-20(28)18-9-8-16(15-24-18)21(29)26-13-11-25(12-14-26)19-7-4-10-27(22(19)30)17-5-2-1-3-6-17/h1-3,5-6,8-9,15,19H,4,7,10-14H2,(H2,23,28). The summed E-state index contributed by atoms with van der Waals surface area (Å²) in [6.07, 6.45) is 3.19. The Labute approximate surface area is 175 Å². The number of para-hydroxylation sites is 1. The summed E-state index contributed by atoms with van der Waals surface area (Å²) in [6, 6.07) is 12.7. The van der Waals surface area contributed by atoms with Crippen LogP contribution in [0.1, 0.15) is 33.7 Å². The van der Waals surface area contributed by atoms with Gasteiger partial charge in [-0.2, -0.15) is 0 Å². The molecule has 1 atom stereocenters. The molecule has 0 spiro atoms. The Balaban J connectivity index is 1.37. The Kier molecular flexibility index (Phi) is 5.76. The van der Waals surface area contributed by atoms with Gasteiger partial charge in [0.2, 0.25) is 5.91 Å². The van der Waals surface area contributed by atoms with Gasteiger partial charge in [0.05, 0.1) is 11.6 Å². The highest BCUT2D eigenvalue weighted by atomic mass is 16.2. The molecule has 2 aliphatic heterocycles.